The molecule has 4 heteroatoms. The number of aryl methyl sites for hydroxylation is 3. The van der Waals surface area contributed by atoms with Crippen LogP contribution in [0.15, 0.2) is 83.8 Å². The van der Waals surface area contributed by atoms with Crippen molar-refractivity contribution in [3.05, 3.63) is 95.6 Å². The van der Waals surface area contributed by atoms with E-state index in [2.05, 4.69) is 35.1 Å². The summed E-state index contributed by atoms with van der Waals surface area (Å²) in [5, 5.41) is 0. The first-order chi connectivity index (χ1) is 12.5. The number of rotatable bonds is 7. The zero-order chi connectivity index (χ0) is 18.4. The molecule has 0 atom stereocenters. The van der Waals surface area contributed by atoms with Crippen LogP contribution in [0.3, 0.4) is 0 Å². The van der Waals surface area contributed by atoms with Crippen LogP contribution in [-0.2, 0) is 22.9 Å². The molecule has 3 aromatic rings. The van der Waals surface area contributed by atoms with Gasteiger partial charge < -0.3 is 0 Å². The van der Waals surface area contributed by atoms with Gasteiger partial charge in [-0.1, -0.05) is 60.7 Å². The van der Waals surface area contributed by atoms with Gasteiger partial charge in [0.05, 0.1) is 10.6 Å². The Morgan fingerprint density at radius 1 is 0.769 bits per heavy atom. The molecule has 0 aliphatic rings. The number of benzene rings is 3. The Hall–Kier alpha value is -2.59. The number of nitrogens with one attached hydrogen (secondary N) is 1. The van der Waals surface area contributed by atoms with Crippen LogP contribution < -0.4 is 4.72 Å². The molecule has 0 amide bonds. The third-order valence-electron chi connectivity index (χ3n) is 4.36. The average molecular weight is 365 g/mol. The van der Waals surface area contributed by atoms with Crippen LogP contribution in [0, 0.1) is 6.92 Å². The molecular formula is C22H23NO2S. The van der Waals surface area contributed by atoms with Gasteiger partial charge in [-0.15, -0.1) is 0 Å². The van der Waals surface area contributed by atoms with E-state index in [4.69, 9.17) is 0 Å². The maximum Gasteiger partial charge on any atom is 0.261 e. The molecule has 1 N–H and O–H groups in total. The van der Waals surface area contributed by atoms with Crippen LogP contribution in [0.1, 0.15) is 23.1 Å². The Labute approximate surface area is 155 Å². The van der Waals surface area contributed by atoms with Gasteiger partial charge in [-0.3, -0.25) is 4.72 Å². The number of hydrogen-bond acceptors (Lipinski definition) is 2. The van der Waals surface area contributed by atoms with Crippen LogP contribution in [0.25, 0.3) is 0 Å². The minimum Gasteiger partial charge on any atom is -0.279 e. The molecule has 0 radical (unpaired) electrons. The van der Waals surface area contributed by atoms with E-state index in [-0.39, 0.29) is 4.90 Å². The molecule has 0 saturated carbocycles. The summed E-state index contributed by atoms with van der Waals surface area (Å²) in [7, 11) is -3.55. The lowest BCUT2D eigenvalue weighted by Crippen LogP contribution is -2.13. The molecule has 0 spiro atoms. The minimum absolute atomic E-state index is 0.270. The summed E-state index contributed by atoms with van der Waals surface area (Å²) in [5.74, 6) is 0. The SMILES string of the molecule is Cc1cc(CCCc2ccccc2)ccc1NS(=O)(=O)c1ccccc1. The van der Waals surface area contributed by atoms with Crippen LogP contribution in [0.4, 0.5) is 5.69 Å². The van der Waals surface area contributed by atoms with Crippen molar-refractivity contribution in [3.8, 4) is 0 Å². The fourth-order valence-corrected chi connectivity index (χ4v) is 4.09. The summed E-state index contributed by atoms with van der Waals surface area (Å²) in [5.41, 5.74) is 4.12. The van der Waals surface area contributed by atoms with Crippen molar-refractivity contribution in [2.45, 2.75) is 31.1 Å². The topological polar surface area (TPSA) is 46.2 Å². The van der Waals surface area contributed by atoms with Gasteiger partial charge in [-0.05, 0) is 61.1 Å². The van der Waals surface area contributed by atoms with Gasteiger partial charge in [-0.2, -0.15) is 0 Å². The molecule has 3 rings (SSSR count). The van der Waals surface area contributed by atoms with E-state index >= 15 is 0 Å². The summed E-state index contributed by atoms with van der Waals surface area (Å²) in [6, 6.07) is 24.8. The maximum absolute atomic E-state index is 12.5. The van der Waals surface area contributed by atoms with E-state index in [0.29, 0.717) is 5.69 Å². The second-order valence-electron chi connectivity index (χ2n) is 6.41. The Kier molecular flexibility index (Phi) is 5.74. The molecule has 3 aromatic carbocycles. The van der Waals surface area contributed by atoms with E-state index in [1.807, 2.05) is 25.1 Å². The molecule has 0 bridgehead atoms. The van der Waals surface area contributed by atoms with Crippen molar-refractivity contribution < 1.29 is 8.42 Å². The van der Waals surface area contributed by atoms with Crippen molar-refractivity contribution in [1.29, 1.82) is 0 Å². The summed E-state index contributed by atoms with van der Waals surface area (Å²) < 4.78 is 27.6. The van der Waals surface area contributed by atoms with E-state index in [1.54, 1.807) is 30.3 Å². The Morgan fingerprint density at radius 2 is 1.38 bits per heavy atom. The predicted octanol–water partition coefficient (Wildman–Crippen LogP) is 4.97. The average Bonchev–Trinajstić information content (AvgIpc) is 2.65. The van der Waals surface area contributed by atoms with Gasteiger partial charge in [0.15, 0.2) is 0 Å². The van der Waals surface area contributed by atoms with Gasteiger partial charge >= 0.3 is 0 Å². The van der Waals surface area contributed by atoms with Gasteiger partial charge in [-0.25, -0.2) is 8.42 Å². The van der Waals surface area contributed by atoms with E-state index in [9.17, 15) is 8.42 Å². The summed E-state index contributed by atoms with van der Waals surface area (Å²) in [6.45, 7) is 1.93. The minimum atomic E-state index is -3.55. The quantitative estimate of drug-likeness (QED) is 0.642. The van der Waals surface area contributed by atoms with E-state index in [1.165, 1.54) is 11.1 Å². The lowest BCUT2D eigenvalue weighted by Gasteiger charge is -2.12. The number of sulfonamides is 1. The molecule has 0 fully saturated rings. The highest BCUT2D eigenvalue weighted by Crippen LogP contribution is 2.21. The summed E-state index contributed by atoms with van der Waals surface area (Å²) in [4.78, 5) is 0.270. The van der Waals surface area contributed by atoms with Crippen molar-refractivity contribution >= 4 is 15.7 Å². The molecule has 134 valence electrons. The van der Waals surface area contributed by atoms with Crippen LogP contribution in [-0.4, -0.2) is 8.42 Å². The van der Waals surface area contributed by atoms with Gasteiger partial charge in [0, 0.05) is 0 Å². The lowest BCUT2D eigenvalue weighted by molar-refractivity contribution is 0.601. The molecular weight excluding hydrogens is 342 g/mol. The smallest absolute Gasteiger partial charge is 0.261 e. The van der Waals surface area contributed by atoms with Crippen LogP contribution in [0.2, 0.25) is 0 Å². The Morgan fingerprint density at radius 3 is 2.04 bits per heavy atom. The highest BCUT2D eigenvalue weighted by atomic mass is 32.2. The molecule has 0 heterocycles. The third kappa shape index (κ3) is 4.73. The van der Waals surface area contributed by atoms with E-state index in [0.717, 1.165) is 24.8 Å². The van der Waals surface area contributed by atoms with Crippen molar-refractivity contribution in [2.24, 2.45) is 0 Å². The first kappa shape index (κ1) is 18.2. The largest absolute Gasteiger partial charge is 0.279 e. The van der Waals surface area contributed by atoms with Gasteiger partial charge in [0.25, 0.3) is 10.0 Å². The van der Waals surface area contributed by atoms with Crippen LogP contribution in [0.5, 0.6) is 0 Å². The molecule has 3 nitrogen and oxygen atoms in total. The number of anilines is 1. The Balaban J connectivity index is 1.64. The fraction of sp³-hybridized carbons (Fsp3) is 0.182. The standard InChI is InChI=1S/C22H23NO2S/c1-18-17-20(12-8-11-19-9-4-2-5-10-19)15-16-22(18)23-26(24,25)21-13-6-3-7-14-21/h2-7,9-10,13-17,23H,8,11-12H2,1H3. The monoisotopic (exact) mass is 365 g/mol. The first-order valence-corrected chi connectivity index (χ1v) is 10.2. The first-order valence-electron chi connectivity index (χ1n) is 8.76. The molecule has 26 heavy (non-hydrogen) atoms. The van der Waals surface area contributed by atoms with E-state index < -0.39 is 10.0 Å². The Bertz CT molecular complexity index is 952. The predicted molar refractivity (Wildman–Crippen MR) is 107 cm³/mol. The summed E-state index contributed by atoms with van der Waals surface area (Å²) >= 11 is 0. The molecule has 0 unspecified atom stereocenters. The molecule has 0 saturated heterocycles. The van der Waals surface area contributed by atoms with Crippen molar-refractivity contribution in [2.75, 3.05) is 4.72 Å². The second kappa shape index (κ2) is 8.19. The second-order valence-corrected chi connectivity index (χ2v) is 8.09. The summed E-state index contributed by atoms with van der Waals surface area (Å²) in [6.07, 6.45) is 3.09. The van der Waals surface area contributed by atoms with Crippen LogP contribution >= 0.6 is 0 Å². The van der Waals surface area contributed by atoms with Gasteiger partial charge in [0.1, 0.15) is 0 Å². The lowest BCUT2D eigenvalue weighted by atomic mass is 10.0. The number of hydrogen-bond donors (Lipinski definition) is 1. The third-order valence-corrected chi connectivity index (χ3v) is 5.74. The molecule has 0 aliphatic heterocycles. The van der Waals surface area contributed by atoms with Crippen molar-refractivity contribution in [1.82, 2.24) is 0 Å². The van der Waals surface area contributed by atoms with Crippen molar-refractivity contribution in [3.63, 3.8) is 0 Å². The highest BCUT2D eigenvalue weighted by molar-refractivity contribution is 7.92. The normalized spacial score (nSPS) is 11.3. The fourth-order valence-electron chi connectivity index (χ4n) is 2.94. The molecule has 0 aromatic heterocycles. The zero-order valence-corrected chi connectivity index (χ0v) is 15.7. The highest BCUT2D eigenvalue weighted by Gasteiger charge is 2.14. The van der Waals surface area contributed by atoms with Gasteiger partial charge in [0.2, 0.25) is 0 Å². The zero-order valence-electron chi connectivity index (χ0n) is 14.9. The maximum atomic E-state index is 12.5. The molecule has 0 aliphatic carbocycles.